The number of nitrogens with zero attached hydrogens (tertiary/aromatic N) is 2. The molecule has 1 atom stereocenters. The molecule has 6 nitrogen and oxygen atoms in total. The van der Waals surface area contributed by atoms with E-state index in [4.69, 9.17) is 15.7 Å². The maximum absolute atomic E-state index is 12.3. The number of oxime groups is 1. The Hall–Kier alpha value is -1.30. The van der Waals surface area contributed by atoms with Crippen LogP contribution in [0.1, 0.15) is 33.1 Å². The predicted molar refractivity (Wildman–Crippen MR) is 68.4 cm³/mol. The van der Waals surface area contributed by atoms with Crippen molar-refractivity contribution >= 4 is 11.7 Å². The smallest absolute Gasteiger partial charge is 0.254 e. The van der Waals surface area contributed by atoms with Gasteiger partial charge >= 0.3 is 0 Å². The van der Waals surface area contributed by atoms with Crippen molar-refractivity contribution in [2.24, 2.45) is 16.8 Å². The van der Waals surface area contributed by atoms with Gasteiger partial charge in [0.1, 0.15) is 11.4 Å². The summed E-state index contributed by atoms with van der Waals surface area (Å²) in [6, 6.07) is 0. The molecule has 0 aromatic rings. The minimum absolute atomic E-state index is 0.0189. The van der Waals surface area contributed by atoms with Crippen LogP contribution in [0.5, 0.6) is 0 Å². The standard InChI is InChI=1S/C12H23N3O3/c1-4-12(2,18-3)11(16)15-7-5-9(6-8-15)10(13)14-17/h9,17H,4-8H2,1-3H3,(H2,13,14). The van der Waals surface area contributed by atoms with Gasteiger partial charge in [-0.2, -0.15) is 0 Å². The summed E-state index contributed by atoms with van der Waals surface area (Å²) in [5.74, 6) is 0.340. The molecule has 0 bridgehead atoms. The van der Waals surface area contributed by atoms with E-state index < -0.39 is 5.60 Å². The van der Waals surface area contributed by atoms with Crippen molar-refractivity contribution in [3.05, 3.63) is 0 Å². The minimum Gasteiger partial charge on any atom is -0.409 e. The van der Waals surface area contributed by atoms with Gasteiger partial charge in [-0.25, -0.2) is 0 Å². The zero-order valence-electron chi connectivity index (χ0n) is 11.3. The van der Waals surface area contributed by atoms with Crippen LogP contribution in [0.3, 0.4) is 0 Å². The lowest BCUT2D eigenvalue weighted by Crippen LogP contribution is -2.51. The number of amidine groups is 1. The highest BCUT2D eigenvalue weighted by molar-refractivity contribution is 5.86. The lowest BCUT2D eigenvalue weighted by atomic mass is 9.93. The van der Waals surface area contributed by atoms with Crippen molar-refractivity contribution < 1.29 is 14.7 Å². The number of rotatable bonds is 4. The minimum atomic E-state index is -0.747. The van der Waals surface area contributed by atoms with Crippen LogP contribution in [0, 0.1) is 5.92 Å². The number of likely N-dealkylation sites (tertiary alicyclic amines) is 1. The number of ether oxygens (including phenoxy) is 1. The van der Waals surface area contributed by atoms with E-state index in [-0.39, 0.29) is 17.7 Å². The summed E-state index contributed by atoms with van der Waals surface area (Å²) >= 11 is 0. The highest BCUT2D eigenvalue weighted by Gasteiger charge is 2.36. The van der Waals surface area contributed by atoms with E-state index >= 15 is 0 Å². The lowest BCUT2D eigenvalue weighted by Gasteiger charge is -2.37. The van der Waals surface area contributed by atoms with Gasteiger partial charge in [-0.1, -0.05) is 12.1 Å². The molecule has 0 spiro atoms. The largest absolute Gasteiger partial charge is 0.409 e. The first-order valence-corrected chi connectivity index (χ1v) is 6.30. The van der Waals surface area contributed by atoms with Crippen molar-refractivity contribution in [3.63, 3.8) is 0 Å². The number of hydrogen-bond donors (Lipinski definition) is 2. The first-order valence-electron chi connectivity index (χ1n) is 6.30. The molecule has 1 aliphatic heterocycles. The third-order valence-corrected chi connectivity index (χ3v) is 3.89. The van der Waals surface area contributed by atoms with Crippen LogP contribution >= 0.6 is 0 Å². The fourth-order valence-electron chi connectivity index (χ4n) is 2.18. The molecule has 1 heterocycles. The highest BCUT2D eigenvalue weighted by atomic mass is 16.5. The van der Waals surface area contributed by atoms with Crippen LogP contribution in [-0.4, -0.2) is 47.7 Å². The summed E-state index contributed by atoms with van der Waals surface area (Å²) < 4.78 is 5.32. The maximum atomic E-state index is 12.3. The van der Waals surface area contributed by atoms with Gasteiger partial charge in [0.15, 0.2) is 0 Å². The van der Waals surface area contributed by atoms with Gasteiger partial charge in [0, 0.05) is 26.1 Å². The number of amides is 1. The maximum Gasteiger partial charge on any atom is 0.254 e. The third-order valence-electron chi connectivity index (χ3n) is 3.89. The molecule has 6 heteroatoms. The SMILES string of the molecule is CCC(C)(OC)C(=O)N1CCC(C(N)=NO)CC1. The van der Waals surface area contributed by atoms with Gasteiger partial charge in [0.05, 0.1) is 0 Å². The lowest BCUT2D eigenvalue weighted by molar-refractivity contribution is -0.154. The Labute approximate surface area is 108 Å². The summed E-state index contributed by atoms with van der Waals surface area (Å²) in [7, 11) is 1.56. The number of carbonyl (C=O) groups is 1. The van der Waals surface area contributed by atoms with Crippen LogP contribution in [0.25, 0.3) is 0 Å². The van der Waals surface area contributed by atoms with Crippen molar-refractivity contribution in [1.29, 1.82) is 0 Å². The fourth-order valence-corrected chi connectivity index (χ4v) is 2.18. The van der Waals surface area contributed by atoms with Crippen molar-refractivity contribution in [1.82, 2.24) is 4.90 Å². The Morgan fingerprint density at radius 3 is 2.50 bits per heavy atom. The topological polar surface area (TPSA) is 88.2 Å². The first-order chi connectivity index (χ1) is 8.48. The van der Waals surface area contributed by atoms with E-state index in [1.54, 1.807) is 12.0 Å². The first kappa shape index (κ1) is 14.8. The number of nitrogens with two attached hydrogens (primary N) is 1. The Morgan fingerprint density at radius 2 is 2.11 bits per heavy atom. The molecule has 0 aromatic carbocycles. The molecular formula is C12H23N3O3. The summed E-state index contributed by atoms with van der Waals surface area (Å²) in [6.45, 7) is 4.99. The molecule has 104 valence electrons. The van der Waals surface area contributed by atoms with Crippen molar-refractivity contribution in [2.45, 2.75) is 38.7 Å². The Kier molecular flexibility index (Phi) is 4.95. The quantitative estimate of drug-likeness (QED) is 0.337. The van der Waals surface area contributed by atoms with Gasteiger partial charge in [-0.3, -0.25) is 4.79 Å². The summed E-state index contributed by atoms with van der Waals surface area (Å²) in [4.78, 5) is 14.1. The number of hydrogen-bond acceptors (Lipinski definition) is 4. The average Bonchev–Trinajstić information content (AvgIpc) is 2.44. The Bertz CT molecular complexity index is 319. The second-order valence-corrected chi connectivity index (χ2v) is 4.88. The van der Waals surface area contributed by atoms with E-state index in [1.807, 2.05) is 13.8 Å². The van der Waals surface area contributed by atoms with Gasteiger partial charge in [0.25, 0.3) is 5.91 Å². The van der Waals surface area contributed by atoms with E-state index in [0.29, 0.717) is 19.5 Å². The molecular weight excluding hydrogens is 234 g/mol. The molecule has 0 saturated carbocycles. The number of carbonyl (C=O) groups excluding carboxylic acids is 1. The van der Waals surface area contributed by atoms with Gasteiger partial charge in [-0.05, 0) is 26.2 Å². The second-order valence-electron chi connectivity index (χ2n) is 4.88. The molecule has 1 fully saturated rings. The Morgan fingerprint density at radius 1 is 1.56 bits per heavy atom. The van der Waals surface area contributed by atoms with Crippen LogP contribution in [-0.2, 0) is 9.53 Å². The number of methoxy groups -OCH3 is 1. The summed E-state index contributed by atoms with van der Waals surface area (Å²) in [5.41, 5.74) is 4.83. The van der Waals surface area contributed by atoms with E-state index in [2.05, 4.69) is 5.16 Å². The van der Waals surface area contributed by atoms with Gasteiger partial charge < -0.3 is 20.6 Å². The Balaban J connectivity index is 2.60. The molecule has 1 rings (SSSR count). The fraction of sp³-hybridized carbons (Fsp3) is 0.833. The normalized spacial score (nSPS) is 21.7. The zero-order chi connectivity index (χ0) is 13.8. The van der Waals surface area contributed by atoms with Gasteiger partial charge in [0.2, 0.25) is 0 Å². The van der Waals surface area contributed by atoms with Crippen LogP contribution in [0.2, 0.25) is 0 Å². The van der Waals surface area contributed by atoms with Crippen LogP contribution in [0.4, 0.5) is 0 Å². The van der Waals surface area contributed by atoms with Crippen LogP contribution < -0.4 is 5.73 Å². The van der Waals surface area contributed by atoms with Crippen LogP contribution in [0.15, 0.2) is 5.16 Å². The number of piperidine rings is 1. The van der Waals surface area contributed by atoms with E-state index in [0.717, 1.165) is 12.8 Å². The monoisotopic (exact) mass is 257 g/mol. The highest BCUT2D eigenvalue weighted by Crippen LogP contribution is 2.23. The molecule has 0 aromatic heterocycles. The molecule has 0 radical (unpaired) electrons. The van der Waals surface area contributed by atoms with Crippen molar-refractivity contribution in [2.75, 3.05) is 20.2 Å². The molecule has 1 aliphatic rings. The van der Waals surface area contributed by atoms with E-state index in [1.165, 1.54) is 0 Å². The van der Waals surface area contributed by atoms with Crippen molar-refractivity contribution in [3.8, 4) is 0 Å². The summed E-state index contributed by atoms with van der Waals surface area (Å²) in [5, 5.41) is 11.7. The molecule has 1 unspecified atom stereocenters. The van der Waals surface area contributed by atoms with E-state index in [9.17, 15) is 4.79 Å². The zero-order valence-corrected chi connectivity index (χ0v) is 11.3. The molecule has 18 heavy (non-hydrogen) atoms. The average molecular weight is 257 g/mol. The van der Waals surface area contributed by atoms with Gasteiger partial charge in [-0.15, -0.1) is 0 Å². The molecule has 0 aliphatic carbocycles. The third kappa shape index (κ3) is 2.93. The summed E-state index contributed by atoms with van der Waals surface area (Å²) in [6.07, 6.45) is 2.10. The molecule has 1 saturated heterocycles. The molecule has 1 amide bonds. The second kappa shape index (κ2) is 6.04. The molecule has 3 N–H and O–H groups in total. The predicted octanol–water partition coefficient (Wildman–Crippen LogP) is 0.786.